The molecule has 0 spiro atoms. The number of aliphatic imine (C=N–C) groups is 1. The van der Waals surface area contributed by atoms with Crippen LogP contribution in [0.3, 0.4) is 0 Å². The van der Waals surface area contributed by atoms with E-state index in [1.54, 1.807) is 38.2 Å². The molecule has 3 unspecified atom stereocenters. The number of nitrogens with one attached hydrogen (secondary N) is 1. The largest absolute Gasteiger partial charge is 0.847 e. The number of amides is 1. The number of hydrogen-bond acceptors (Lipinski definition) is 5. The molecule has 7 nitrogen and oxygen atoms in total. The van der Waals surface area contributed by atoms with Crippen LogP contribution in [0.5, 0.6) is 5.75 Å². The van der Waals surface area contributed by atoms with Crippen LogP contribution in [0.15, 0.2) is 70.9 Å². The van der Waals surface area contributed by atoms with E-state index < -0.39 is 17.8 Å². The van der Waals surface area contributed by atoms with Crippen molar-refractivity contribution in [1.29, 1.82) is 0 Å². The quantitative estimate of drug-likeness (QED) is 0.795. The predicted molar refractivity (Wildman–Crippen MR) is 101 cm³/mol. The van der Waals surface area contributed by atoms with Crippen LogP contribution in [0.4, 0.5) is 11.4 Å². The van der Waals surface area contributed by atoms with E-state index in [1.165, 1.54) is 17.1 Å². The van der Waals surface area contributed by atoms with Gasteiger partial charge in [-0.25, -0.2) is 4.99 Å². The van der Waals surface area contributed by atoms with Crippen LogP contribution in [0.1, 0.15) is 6.92 Å². The van der Waals surface area contributed by atoms with E-state index in [4.69, 9.17) is 0 Å². The molecule has 0 aromatic heterocycles. The second kappa shape index (κ2) is 6.70. The van der Waals surface area contributed by atoms with E-state index in [-0.39, 0.29) is 28.6 Å². The molecule has 2 aromatic rings. The van der Waals surface area contributed by atoms with Gasteiger partial charge in [-0.1, -0.05) is 36.4 Å². The monoisotopic (exact) mass is 377 g/mol. The summed E-state index contributed by atoms with van der Waals surface area (Å²) in [7, 11) is 1.80. The van der Waals surface area contributed by atoms with Gasteiger partial charge in [0.15, 0.2) is 5.78 Å². The predicted octanol–water partition coefficient (Wildman–Crippen LogP) is 0.143. The van der Waals surface area contributed by atoms with Gasteiger partial charge in [-0.3, -0.25) is 9.59 Å². The van der Waals surface area contributed by atoms with E-state index in [0.717, 1.165) is 0 Å². The highest BCUT2D eigenvalue weighted by Crippen LogP contribution is 2.35. The lowest BCUT2D eigenvalue weighted by atomic mass is 9.72. The van der Waals surface area contributed by atoms with Crippen LogP contribution in [0.25, 0.3) is 0 Å². The van der Waals surface area contributed by atoms with Crippen LogP contribution >= 0.6 is 0 Å². The fraction of sp³-hybridized carbons (Fsp3) is 0.190. The first-order valence-corrected chi connectivity index (χ1v) is 8.92. The minimum atomic E-state index is -1.44. The van der Waals surface area contributed by atoms with Crippen molar-refractivity contribution < 1.29 is 24.8 Å². The molecule has 0 radical (unpaired) electrons. The second-order valence-corrected chi connectivity index (χ2v) is 6.85. The molecule has 1 fully saturated rings. The lowest BCUT2D eigenvalue weighted by Gasteiger charge is -2.41. The summed E-state index contributed by atoms with van der Waals surface area (Å²) >= 11 is 0. The lowest BCUT2D eigenvalue weighted by molar-refractivity contribution is -0.837. The van der Waals surface area contributed by atoms with Crippen molar-refractivity contribution in [3.8, 4) is 5.75 Å². The SMILES string of the molecule is CC1=C(C2C(=O)C(=Nc3ccccc3O)C2[O-])C(=O)N(c2ccccc2)[NH+]1C. The van der Waals surface area contributed by atoms with E-state index in [1.807, 2.05) is 18.2 Å². The maximum absolute atomic E-state index is 13.0. The topological polar surface area (TPSA) is 97.5 Å². The molecule has 28 heavy (non-hydrogen) atoms. The molecule has 1 amide bonds. The summed E-state index contributed by atoms with van der Waals surface area (Å²) in [6, 6.07) is 15.4. The number of para-hydroxylation sites is 3. The van der Waals surface area contributed by atoms with E-state index >= 15 is 0 Å². The molecule has 7 heteroatoms. The van der Waals surface area contributed by atoms with Crippen LogP contribution in [-0.4, -0.2) is 35.7 Å². The van der Waals surface area contributed by atoms with Crippen molar-refractivity contribution >= 4 is 28.8 Å². The van der Waals surface area contributed by atoms with Crippen molar-refractivity contribution in [2.75, 3.05) is 12.1 Å². The summed E-state index contributed by atoms with van der Waals surface area (Å²) in [5, 5.41) is 24.8. The Labute approximate surface area is 161 Å². The zero-order chi connectivity index (χ0) is 20.0. The summed E-state index contributed by atoms with van der Waals surface area (Å²) in [6.07, 6.45) is -1.44. The third kappa shape index (κ3) is 2.64. The number of anilines is 1. The maximum atomic E-state index is 13.0. The number of quaternary nitrogens is 1. The van der Waals surface area contributed by atoms with E-state index in [9.17, 15) is 19.8 Å². The number of rotatable bonds is 3. The zero-order valence-electron chi connectivity index (χ0n) is 15.4. The van der Waals surface area contributed by atoms with Crippen molar-refractivity contribution in [3.63, 3.8) is 0 Å². The number of nitrogens with zero attached hydrogens (tertiary/aromatic N) is 2. The Bertz CT molecular complexity index is 1030. The van der Waals surface area contributed by atoms with Crippen molar-refractivity contribution in [1.82, 2.24) is 0 Å². The molecule has 142 valence electrons. The number of ketones is 1. The van der Waals surface area contributed by atoms with Crippen LogP contribution < -0.4 is 15.1 Å². The summed E-state index contributed by atoms with van der Waals surface area (Å²) < 4.78 is 0. The highest BCUT2D eigenvalue weighted by atomic mass is 16.3. The molecule has 1 aliphatic carbocycles. The fourth-order valence-electron chi connectivity index (χ4n) is 3.64. The van der Waals surface area contributed by atoms with Crippen molar-refractivity contribution in [2.24, 2.45) is 10.9 Å². The Kier molecular flexibility index (Phi) is 4.33. The van der Waals surface area contributed by atoms with E-state index in [2.05, 4.69) is 4.99 Å². The zero-order valence-corrected chi connectivity index (χ0v) is 15.4. The number of phenols is 1. The van der Waals surface area contributed by atoms with Crippen LogP contribution in [0, 0.1) is 5.92 Å². The second-order valence-electron chi connectivity index (χ2n) is 6.85. The lowest BCUT2D eigenvalue weighted by Crippen LogP contribution is -3.13. The van der Waals surface area contributed by atoms with Crippen LogP contribution in [-0.2, 0) is 9.59 Å². The summed E-state index contributed by atoms with van der Waals surface area (Å²) in [5.41, 5.74) is 1.59. The number of carbonyl (C=O) groups excluding carboxylic acids is 2. The standard InChI is InChI=1S/C21H18N3O4/c1-12-16(21(28)24(23(12)2)13-8-4-3-5-9-13)17-19(26)18(20(17)27)22-14-10-6-7-11-15(14)25/h3-11,17,19,25H,1-2H3/q-1/p+1. The molecule has 3 atom stereocenters. The van der Waals surface area contributed by atoms with Gasteiger partial charge in [0.05, 0.1) is 29.9 Å². The highest BCUT2D eigenvalue weighted by molar-refractivity contribution is 6.51. The number of allylic oxidation sites excluding steroid dienone is 1. The Morgan fingerprint density at radius 2 is 1.71 bits per heavy atom. The summed E-state index contributed by atoms with van der Waals surface area (Å²) in [6.45, 7) is 1.75. The molecule has 0 bridgehead atoms. The molecule has 1 aliphatic heterocycles. The molecule has 4 rings (SSSR count). The van der Waals surface area contributed by atoms with Gasteiger partial charge in [-0.2, -0.15) is 5.01 Å². The number of benzene rings is 2. The average molecular weight is 377 g/mol. The van der Waals surface area contributed by atoms with E-state index in [0.29, 0.717) is 16.4 Å². The first-order valence-electron chi connectivity index (χ1n) is 8.92. The van der Waals surface area contributed by atoms with Gasteiger partial charge in [0.1, 0.15) is 17.1 Å². The first-order chi connectivity index (χ1) is 13.4. The molecule has 2 aromatic carbocycles. The summed E-state index contributed by atoms with van der Waals surface area (Å²) in [5.74, 6) is -1.97. The number of hydrogen-bond donors (Lipinski definition) is 2. The van der Waals surface area contributed by atoms with Crippen molar-refractivity contribution in [3.05, 3.63) is 65.9 Å². The molecular formula is C21H19N3O4. The smallest absolute Gasteiger partial charge is 0.306 e. The fourth-order valence-corrected chi connectivity index (χ4v) is 3.64. The first kappa shape index (κ1) is 18.1. The van der Waals surface area contributed by atoms with Gasteiger partial charge < -0.3 is 10.2 Å². The average Bonchev–Trinajstić information content (AvgIpc) is 2.91. The third-order valence-electron chi connectivity index (χ3n) is 5.27. The Morgan fingerprint density at radius 1 is 1.07 bits per heavy atom. The summed E-state index contributed by atoms with van der Waals surface area (Å²) in [4.78, 5) is 29.8. The molecule has 0 saturated heterocycles. The van der Waals surface area contributed by atoms with Gasteiger partial charge in [0.25, 0.3) is 0 Å². The van der Waals surface area contributed by atoms with Gasteiger partial charge >= 0.3 is 5.91 Å². The highest BCUT2D eigenvalue weighted by Gasteiger charge is 2.51. The Balaban J connectivity index is 1.64. The maximum Gasteiger partial charge on any atom is 0.306 e. The Hall–Kier alpha value is -3.29. The van der Waals surface area contributed by atoms with Gasteiger partial charge in [0.2, 0.25) is 0 Å². The Morgan fingerprint density at radius 3 is 2.36 bits per heavy atom. The van der Waals surface area contributed by atoms with Gasteiger partial charge in [-0.15, -0.1) is 5.01 Å². The molecule has 2 N–H and O–H groups in total. The van der Waals surface area contributed by atoms with Crippen molar-refractivity contribution in [2.45, 2.75) is 13.0 Å². The number of Topliss-reactive ketones (excluding diaryl/α,β-unsaturated/α-hetero) is 1. The minimum absolute atomic E-state index is 0.106. The van der Waals surface area contributed by atoms with Crippen LogP contribution in [0.2, 0.25) is 0 Å². The third-order valence-corrected chi connectivity index (χ3v) is 5.27. The van der Waals surface area contributed by atoms with Gasteiger partial charge in [0, 0.05) is 6.92 Å². The minimum Gasteiger partial charge on any atom is -0.847 e. The molecule has 1 heterocycles. The normalized spacial score (nSPS) is 26.2. The number of aromatic hydroxyl groups is 1. The molecular weight excluding hydrogens is 358 g/mol. The number of phenolic OH excluding ortho intramolecular Hbond substituents is 1. The van der Waals surface area contributed by atoms with Gasteiger partial charge in [-0.05, 0) is 24.3 Å². The molecule has 1 saturated carbocycles. The molecule has 2 aliphatic rings. The number of carbonyl (C=O) groups is 2.